The summed E-state index contributed by atoms with van der Waals surface area (Å²) < 4.78 is 53.9. The molecule has 4 heterocycles. The van der Waals surface area contributed by atoms with Crippen molar-refractivity contribution in [1.29, 1.82) is 0 Å². The van der Waals surface area contributed by atoms with Gasteiger partial charge in [0.1, 0.15) is 23.9 Å². The summed E-state index contributed by atoms with van der Waals surface area (Å²) in [5.74, 6) is -4.39. The van der Waals surface area contributed by atoms with Gasteiger partial charge in [-0.15, -0.1) is 0 Å². The predicted molar refractivity (Wildman–Crippen MR) is 209 cm³/mol. The zero-order valence-corrected chi connectivity index (χ0v) is 34.5. The summed E-state index contributed by atoms with van der Waals surface area (Å²) in [6.07, 6.45) is 1.65. The van der Waals surface area contributed by atoms with E-state index in [0.717, 1.165) is 36.5 Å². The van der Waals surface area contributed by atoms with E-state index in [1.165, 1.54) is 23.2 Å². The van der Waals surface area contributed by atoms with Gasteiger partial charge in [-0.3, -0.25) is 19.5 Å². The highest BCUT2D eigenvalue weighted by Crippen LogP contribution is 2.65. The average Bonchev–Trinajstić information content (AvgIpc) is 3.90. The maximum absolute atomic E-state index is 14.9. The summed E-state index contributed by atoms with van der Waals surface area (Å²) in [4.78, 5) is 62.2. The smallest absolute Gasteiger partial charge is 0.444 e. The number of aromatic nitrogens is 1. The lowest BCUT2D eigenvalue weighted by atomic mass is 9.43. The van der Waals surface area contributed by atoms with E-state index >= 15 is 0 Å². The van der Waals surface area contributed by atoms with Gasteiger partial charge >= 0.3 is 25.2 Å². The molecule has 58 heavy (non-hydrogen) atoms. The second-order valence-electron chi connectivity index (χ2n) is 18.6. The SMILES string of the molecule is CCC[C@H](NC(=O)[C@@H]1C[C@@H](OC(=O)N2Cc3ccccc3C2)CN1C(=O)[C@@H](NC(=O)OCC(F)(F)c1ccccn1)C(C)(C)C)B1O[C@@H]2C[C@@H]3C[C@@H](C3(C)C)[C@]2(C)O1. The minimum Gasteiger partial charge on any atom is -0.444 e. The number of pyridine rings is 1. The highest BCUT2D eigenvalue weighted by Gasteiger charge is 2.68. The number of hydrogen-bond acceptors (Lipinski definition) is 9. The van der Waals surface area contributed by atoms with Crippen molar-refractivity contribution in [3.8, 4) is 0 Å². The van der Waals surface area contributed by atoms with Crippen LogP contribution in [0.1, 0.15) is 97.4 Å². The first-order valence-corrected chi connectivity index (χ1v) is 20.5. The van der Waals surface area contributed by atoms with Crippen LogP contribution in [0.3, 0.4) is 0 Å². The molecule has 0 spiro atoms. The van der Waals surface area contributed by atoms with Gasteiger partial charge in [0.05, 0.1) is 24.2 Å². The van der Waals surface area contributed by atoms with E-state index in [1.807, 2.05) is 31.2 Å². The molecule has 3 aliphatic carbocycles. The van der Waals surface area contributed by atoms with Crippen LogP contribution in [0.15, 0.2) is 48.7 Å². The Bertz CT molecular complexity index is 1860. The monoisotopic (exact) mass is 807 g/mol. The zero-order chi connectivity index (χ0) is 41.8. The highest BCUT2D eigenvalue weighted by atomic mass is 19.3. The average molecular weight is 808 g/mol. The van der Waals surface area contributed by atoms with E-state index in [0.29, 0.717) is 31.3 Å². The van der Waals surface area contributed by atoms with Crippen LogP contribution >= 0.6 is 0 Å². The van der Waals surface area contributed by atoms with Gasteiger partial charge in [0.15, 0.2) is 6.61 Å². The number of hydrogen-bond donors (Lipinski definition) is 2. The largest absolute Gasteiger partial charge is 0.481 e. The van der Waals surface area contributed by atoms with E-state index in [1.54, 1.807) is 25.7 Å². The lowest BCUT2D eigenvalue weighted by molar-refractivity contribution is -0.199. The van der Waals surface area contributed by atoms with Crippen molar-refractivity contribution >= 4 is 31.1 Å². The van der Waals surface area contributed by atoms with Gasteiger partial charge in [-0.05, 0) is 72.1 Å². The van der Waals surface area contributed by atoms with Gasteiger partial charge in [0.2, 0.25) is 11.8 Å². The molecule has 16 heteroatoms. The van der Waals surface area contributed by atoms with Crippen LogP contribution in [0.4, 0.5) is 18.4 Å². The van der Waals surface area contributed by atoms with Crippen molar-refractivity contribution in [2.45, 2.75) is 135 Å². The van der Waals surface area contributed by atoms with Gasteiger partial charge in [-0.25, -0.2) is 9.59 Å². The minimum atomic E-state index is -3.58. The molecular formula is C42H56BF2N5O8. The Morgan fingerprint density at radius 3 is 2.31 bits per heavy atom. The van der Waals surface area contributed by atoms with Crippen molar-refractivity contribution < 1.29 is 46.7 Å². The first-order valence-electron chi connectivity index (χ1n) is 20.5. The Morgan fingerprint density at radius 1 is 1.00 bits per heavy atom. The second kappa shape index (κ2) is 15.7. The third kappa shape index (κ3) is 8.02. The highest BCUT2D eigenvalue weighted by molar-refractivity contribution is 6.48. The number of halogens is 2. The summed E-state index contributed by atoms with van der Waals surface area (Å²) in [5.41, 5.74) is 0.122. The van der Waals surface area contributed by atoms with Gasteiger partial charge in [-0.1, -0.05) is 78.3 Å². The van der Waals surface area contributed by atoms with Crippen molar-refractivity contribution in [2.75, 3.05) is 13.2 Å². The number of alkyl halides is 2. The van der Waals surface area contributed by atoms with Crippen LogP contribution in [-0.2, 0) is 47.4 Å². The fourth-order valence-corrected chi connectivity index (χ4v) is 9.77. The van der Waals surface area contributed by atoms with Crippen LogP contribution in [0.25, 0.3) is 0 Å². The van der Waals surface area contributed by atoms with E-state index in [9.17, 15) is 28.0 Å². The lowest BCUT2D eigenvalue weighted by Crippen LogP contribution is -2.65. The molecule has 2 N–H and O–H groups in total. The Morgan fingerprint density at radius 2 is 1.69 bits per heavy atom. The predicted octanol–water partition coefficient (Wildman–Crippen LogP) is 5.99. The van der Waals surface area contributed by atoms with Gasteiger partial charge < -0.3 is 34.3 Å². The molecular weight excluding hydrogens is 751 g/mol. The minimum absolute atomic E-state index is 0.00871. The molecule has 1 aromatic heterocycles. The maximum atomic E-state index is 14.9. The maximum Gasteiger partial charge on any atom is 0.481 e. The van der Waals surface area contributed by atoms with Crippen LogP contribution in [0, 0.1) is 22.7 Å². The summed E-state index contributed by atoms with van der Waals surface area (Å²) in [6, 6.07) is 9.31. The standard InChI is InChI=1S/C42H56BF2N5O8/c1-8-13-33(43-57-32-19-27-18-30(40(27,5)6)41(32,7)58-43)47-35(51)29-20-28(56-38(54)49-21-25-14-9-10-15-26(25)22-49)23-50(29)36(52)34(39(2,3)4)48-37(53)55-24-42(44,45)31-16-11-12-17-46-31/h9-12,14-17,27-30,32-34H,8,13,18-24H2,1-7H3,(H,47,51)(H,48,53)/t27-,28+,29-,30-,32+,33-,34+,41-/m0/s1. The number of nitrogens with zero attached hydrogens (tertiary/aromatic N) is 3. The molecule has 0 unspecified atom stereocenters. The summed E-state index contributed by atoms with van der Waals surface area (Å²) in [5, 5.41) is 5.63. The van der Waals surface area contributed by atoms with Crippen molar-refractivity contribution in [2.24, 2.45) is 22.7 Å². The number of ether oxygens (including phenoxy) is 2. The number of fused-ring (bicyclic) bond motifs is 1. The van der Waals surface area contributed by atoms with Crippen molar-refractivity contribution in [1.82, 2.24) is 25.4 Å². The number of nitrogens with one attached hydrogen (secondary N) is 2. The van der Waals surface area contributed by atoms with Gasteiger partial charge in [0.25, 0.3) is 0 Å². The lowest BCUT2D eigenvalue weighted by Gasteiger charge is -2.64. The number of carbonyl (C=O) groups is 4. The normalized spacial score (nSPS) is 28.2. The van der Waals surface area contributed by atoms with Crippen LogP contribution in [0.5, 0.6) is 0 Å². The molecule has 4 amide bonds. The molecule has 3 saturated carbocycles. The molecule has 5 fully saturated rings. The molecule has 8 rings (SSSR count). The quantitative estimate of drug-likeness (QED) is 0.262. The number of alkyl carbamates (subject to hydrolysis) is 1. The molecule has 314 valence electrons. The molecule has 3 aliphatic heterocycles. The molecule has 1 aromatic carbocycles. The molecule has 2 aromatic rings. The fourth-order valence-electron chi connectivity index (χ4n) is 9.77. The van der Waals surface area contributed by atoms with E-state index in [-0.39, 0.29) is 24.5 Å². The molecule has 8 atom stereocenters. The number of likely N-dealkylation sites (tertiary alicyclic amines) is 1. The van der Waals surface area contributed by atoms with E-state index in [2.05, 4.69) is 36.4 Å². The number of benzene rings is 1. The van der Waals surface area contributed by atoms with Gasteiger partial charge in [-0.2, -0.15) is 8.78 Å². The fraction of sp³-hybridized carbons (Fsp3) is 0.643. The summed E-state index contributed by atoms with van der Waals surface area (Å²) in [7, 11) is -0.701. The third-order valence-corrected chi connectivity index (χ3v) is 13.2. The third-order valence-electron chi connectivity index (χ3n) is 13.2. The summed E-state index contributed by atoms with van der Waals surface area (Å²) >= 11 is 0. The van der Waals surface area contributed by atoms with Crippen molar-refractivity contribution in [3.05, 3.63) is 65.5 Å². The molecule has 6 aliphatic rings. The Kier molecular flexibility index (Phi) is 11.3. The van der Waals surface area contributed by atoms with Gasteiger partial charge in [0, 0.05) is 25.7 Å². The Balaban J connectivity index is 1.08. The van der Waals surface area contributed by atoms with E-state index in [4.69, 9.17) is 18.8 Å². The zero-order valence-electron chi connectivity index (χ0n) is 34.5. The number of carbonyl (C=O) groups excluding carboxylic acids is 4. The first-order chi connectivity index (χ1) is 27.3. The number of amides is 4. The Hall–Kier alpha value is -4.31. The topological polar surface area (TPSA) is 149 Å². The van der Waals surface area contributed by atoms with Crippen LogP contribution < -0.4 is 10.6 Å². The second-order valence-corrected chi connectivity index (χ2v) is 18.6. The molecule has 2 saturated heterocycles. The Labute approximate surface area is 339 Å². The summed E-state index contributed by atoms with van der Waals surface area (Å²) in [6.45, 7) is 13.1. The molecule has 13 nitrogen and oxygen atoms in total. The number of rotatable bonds is 11. The van der Waals surface area contributed by atoms with E-state index < -0.39 is 84.5 Å². The van der Waals surface area contributed by atoms with Crippen molar-refractivity contribution in [3.63, 3.8) is 0 Å². The molecule has 2 bridgehead atoms. The van der Waals surface area contributed by atoms with Crippen LogP contribution in [0.2, 0.25) is 0 Å². The molecule has 0 radical (unpaired) electrons. The van der Waals surface area contributed by atoms with Crippen LogP contribution in [-0.4, -0.2) is 94.9 Å². The first kappa shape index (κ1) is 41.8.